The van der Waals surface area contributed by atoms with Gasteiger partial charge in [-0.15, -0.1) is 0 Å². The molecule has 0 radical (unpaired) electrons. The average Bonchev–Trinajstić information content (AvgIpc) is 1.58. The van der Waals surface area contributed by atoms with Crippen LogP contribution in [0.2, 0.25) is 0 Å². The first-order chi connectivity index (χ1) is 4.77. The van der Waals surface area contributed by atoms with Crippen LogP contribution in [0.25, 0.3) is 0 Å². The first-order valence-corrected chi connectivity index (χ1v) is 6.69. The van der Waals surface area contributed by atoms with E-state index in [0.717, 1.165) is 0 Å². The van der Waals surface area contributed by atoms with Crippen LogP contribution >= 0.6 is 0 Å². The molecule has 0 spiro atoms. The average molecular weight is 543 g/mol. The molecule has 0 aliphatic carbocycles. The molecule has 76 valence electrons. The van der Waals surface area contributed by atoms with Gasteiger partial charge in [-0.1, -0.05) is 0 Å². The first-order valence-electron chi connectivity index (χ1n) is 1.90. The Kier molecular flexibility index (Phi) is 76.5. The van der Waals surface area contributed by atoms with Crippen LogP contribution in [0.1, 0.15) is 0 Å². The van der Waals surface area contributed by atoms with E-state index in [1.54, 1.807) is 0 Å². The molecule has 0 saturated heterocycles. The monoisotopic (exact) mass is 542 g/mol. The number of rotatable bonds is 2. The van der Waals surface area contributed by atoms with E-state index in [9.17, 15) is 9.90 Å². The third-order valence-corrected chi connectivity index (χ3v) is 0.182. The number of aliphatic carboxylic acids is 1. The minimum absolute atomic E-state index is 0. The number of carboxylic acids is 1. The van der Waals surface area contributed by atoms with Crippen LogP contribution in [-0.4, -0.2) is 17.8 Å². The molecule has 0 atom stereocenters. The molecule has 0 unspecified atom stereocenters. The molecule has 0 aromatic carbocycles. The summed E-state index contributed by atoms with van der Waals surface area (Å²) < 4.78 is 34.6. The van der Waals surface area contributed by atoms with Gasteiger partial charge in [0.15, 0.2) is 0 Å². The van der Waals surface area contributed by atoms with Gasteiger partial charge in [-0.05, 0) is 0 Å². The molecule has 0 amide bonds. The van der Waals surface area contributed by atoms with Crippen molar-refractivity contribution in [2.75, 3.05) is 6.61 Å². The summed E-state index contributed by atoms with van der Waals surface area (Å²) in [5.74, 6) is -1.43. The normalized spacial score (nSPS) is 6.69. The zero-order valence-corrected chi connectivity index (χ0v) is 24.1. The maximum absolute atomic E-state index is 9.20. The zero-order chi connectivity index (χ0) is 9.49. The van der Waals surface area contributed by atoms with E-state index in [1.165, 1.54) is 0 Å². The molecule has 0 fully saturated rings. The fourth-order valence-electron chi connectivity index (χ4n) is 0.0527. The van der Waals surface area contributed by atoms with Crippen molar-refractivity contribution in [3.8, 4) is 0 Å². The van der Waals surface area contributed by atoms with Crippen molar-refractivity contribution in [3.05, 3.63) is 0 Å². The molecule has 0 bridgehead atoms. The van der Waals surface area contributed by atoms with Crippen molar-refractivity contribution in [2.45, 2.75) is 0 Å². The van der Waals surface area contributed by atoms with E-state index in [-0.39, 0.29) is 179 Å². The molecule has 8 nitrogen and oxygen atoms in total. The third kappa shape index (κ3) is 93.4. The van der Waals surface area contributed by atoms with Crippen LogP contribution in [0.3, 0.4) is 0 Å². The van der Waals surface area contributed by atoms with Gasteiger partial charge >= 0.3 is 193 Å². The fraction of sp³-hybridized carbons (Fsp3) is 0.500. The summed E-state index contributed by atoms with van der Waals surface area (Å²) in [6.07, 6.45) is 0. The second-order valence-electron chi connectivity index (χ2n) is 1.05. The molecule has 0 aliphatic rings. The number of hydrogen-bond donors (Lipinski definition) is 1. The Morgan fingerprint density at radius 3 is 1.38 bits per heavy atom. The van der Waals surface area contributed by atoms with Crippen molar-refractivity contribution in [1.82, 2.24) is 0 Å². The van der Waals surface area contributed by atoms with Crippen LogP contribution in [0.4, 0.5) is 0 Å². The Morgan fingerprint density at radius 1 is 1.19 bits per heavy atom. The second-order valence-corrected chi connectivity index (χ2v) is 3.99. The van der Waals surface area contributed by atoms with Crippen molar-refractivity contribution >= 4 is 5.97 Å². The first kappa shape index (κ1) is 42.9. The SMILES string of the molecule is O=C([O-])COO.[Br-].[K+].[K+].[Na+].[Na+].[O]=[W](=[O])([O-])[O-]. The Balaban J connectivity index is -0.0000000155. The van der Waals surface area contributed by atoms with Gasteiger partial charge in [-0.25, -0.2) is 4.89 Å². The zero-order valence-electron chi connectivity index (χ0n) is 9.30. The van der Waals surface area contributed by atoms with Gasteiger partial charge in [0, 0.05) is 0 Å². The summed E-state index contributed by atoms with van der Waals surface area (Å²) in [5, 5.41) is 16.5. The molecule has 14 heteroatoms. The number of halogens is 1. The van der Waals surface area contributed by atoms with Crippen LogP contribution < -0.4 is 191 Å². The van der Waals surface area contributed by atoms with Gasteiger partial charge in [-0.2, -0.15) is 0 Å². The minimum atomic E-state index is -6.17. The number of carbonyl (C=O) groups excluding carboxylic acids is 1. The van der Waals surface area contributed by atoms with Crippen molar-refractivity contribution in [1.29, 1.82) is 0 Å². The van der Waals surface area contributed by atoms with E-state index >= 15 is 0 Å². The molecule has 0 rings (SSSR count). The summed E-state index contributed by atoms with van der Waals surface area (Å²) in [6, 6.07) is 0. The van der Waals surface area contributed by atoms with Crippen LogP contribution in [0.5, 0.6) is 0 Å². The van der Waals surface area contributed by atoms with Crippen molar-refractivity contribution < 1.29 is 230 Å². The topological polar surface area (TPSA) is 150 Å². The molecular weight excluding hydrogens is 540 g/mol. The summed E-state index contributed by atoms with van der Waals surface area (Å²) in [6.45, 7) is -0.764. The molecular formula is C2H3BrK2Na2O8W. The van der Waals surface area contributed by atoms with E-state index in [2.05, 4.69) is 4.89 Å². The molecule has 0 aromatic heterocycles. The molecule has 0 saturated carbocycles. The van der Waals surface area contributed by atoms with Gasteiger partial charge < -0.3 is 26.9 Å². The van der Waals surface area contributed by atoms with E-state index < -0.39 is 29.3 Å². The van der Waals surface area contributed by atoms with Crippen molar-refractivity contribution in [3.63, 3.8) is 0 Å². The van der Waals surface area contributed by atoms with Gasteiger partial charge in [-0.3, -0.25) is 5.26 Å². The van der Waals surface area contributed by atoms with Gasteiger partial charge in [0.2, 0.25) is 0 Å². The van der Waals surface area contributed by atoms with Gasteiger partial charge in [0.25, 0.3) is 0 Å². The molecule has 0 aromatic rings. The fourth-order valence-corrected chi connectivity index (χ4v) is 0.0527. The predicted molar refractivity (Wildman–Crippen MR) is 15.0 cm³/mol. The van der Waals surface area contributed by atoms with E-state index in [1.807, 2.05) is 0 Å². The molecule has 0 heterocycles. The van der Waals surface area contributed by atoms with E-state index in [0.29, 0.717) is 0 Å². The van der Waals surface area contributed by atoms with Gasteiger partial charge in [0.05, 0.1) is 5.97 Å². The van der Waals surface area contributed by atoms with Crippen LogP contribution in [0, 0.1) is 0 Å². The summed E-state index contributed by atoms with van der Waals surface area (Å²) in [5.41, 5.74) is 0. The quantitative estimate of drug-likeness (QED) is 0.205. The molecule has 1 N–H and O–H groups in total. The Labute approximate surface area is 235 Å². The Hall–Kier alpha value is 5.35. The Morgan fingerprint density at radius 2 is 1.38 bits per heavy atom. The number of carbonyl (C=O) groups is 1. The third-order valence-electron chi connectivity index (χ3n) is 0.182. The summed E-state index contributed by atoms with van der Waals surface area (Å²) >= 11 is -6.17. The summed E-state index contributed by atoms with van der Waals surface area (Å²) in [7, 11) is 0. The summed E-state index contributed by atoms with van der Waals surface area (Å²) in [4.78, 5) is 12.3. The molecule has 0 aliphatic heterocycles. The predicted octanol–water partition coefficient (Wildman–Crippen LogP) is -19.4. The van der Waals surface area contributed by atoms with Crippen LogP contribution in [-0.2, 0) is 33.2 Å². The van der Waals surface area contributed by atoms with Crippen molar-refractivity contribution in [2.24, 2.45) is 0 Å². The van der Waals surface area contributed by atoms with E-state index in [4.69, 9.17) is 19.6 Å². The number of carboxylic acid groups (broad SMARTS) is 1. The molecule has 16 heavy (non-hydrogen) atoms. The maximum atomic E-state index is 9.20. The Bertz CT molecular complexity index is 204. The van der Waals surface area contributed by atoms with Crippen LogP contribution in [0.15, 0.2) is 0 Å². The standard InChI is InChI=1S/C2H4O4.BrH.2K.2Na.4O.W/c3-2(4)1-6-5;;;;;;;;;;/h5H,1H2,(H,3,4);1H;;;;;;;;;/q;;4*+1;;;2*-1;/p-2. The number of hydrogen-bond acceptors (Lipinski definition) is 8. The van der Waals surface area contributed by atoms with Gasteiger partial charge in [0.1, 0.15) is 6.61 Å². The second kappa shape index (κ2) is 28.5.